The molecule has 1 aliphatic heterocycles. The molecule has 0 bridgehead atoms. The summed E-state index contributed by atoms with van der Waals surface area (Å²) in [6.07, 6.45) is 1.30. The van der Waals surface area contributed by atoms with E-state index >= 15 is 0 Å². The van der Waals surface area contributed by atoms with Gasteiger partial charge in [0.1, 0.15) is 5.75 Å². The molecule has 2 amide bonds. The average Bonchev–Trinajstić information content (AvgIpc) is 2.78. The van der Waals surface area contributed by atoms with E-state index in [9.17, 15) is 18.4 Å². The predicted molar refractivity (Wildman–Crippen MR) is 77.6 cm³/mol. The van der Waals surface area contributed by atoms with Gasteiger partial charge in [0.2, 0.25) is 0 Å². The Kier molecular flexibility index (Phi) is 3.84. The van der Waals surface area contributed by atoms with Crippen molar-refractivity contribution in [2.75, 3.05) is 0 Å². The van der Waals surface area contributed by atoms with Gasteiger partial charge in [-0.2, -0.15) is 18.9 Å². The van der Waals surface area contributed by atoms with Gasteiger partial charge in [-0.15, -0.1) is 0 Å². The molecule has 7 heteroatoms. The maximum atomic E-state index is 12.1. The standard InChI is InChI=1S/C16H10F2N2O3/c17-16(18)23-11-7-5-10(6-8-11)9-19-20-14(21)12-3-1-2-4-13(12)15(20)22/h1-9,16H/b19-9+. The second kappa shape index (κ2) is 5.96. The van der Waals surface area contributed by atoms with Crippen LogP contribution in [0.5, 0.6) is 5.75 Å². The van der Waals surface area contributed by atoms with E-state index in [0.717, 1.165) is 5.01 Å². The number of alkyl halides is 2. The third kappa shape index (κ3) is 2.94. The lowest BCUT2D eigenvalue weighted by molar-refractivity contribution is -0.0498. The van der Waals surface area contributed by atoms with Crippen LogP contribution in [0.4, 0.5) is 8.78 Å². The number of fused-ring (bicyclic) bond motifs is 1. The Balaban J connectivity index is 1.76. The number of amides is 2. The number of hydrogen-bond acceptors (Lipinski definition) is 4. The number of hydrazone groups is 1. The maximum absolute atomic E-state index is 12.1. The highest BCUT2D eigenvalue weighted by molar-refractivity contribution is 6.21. The van der Waals surface area contributed by atoms with Crippen molar-refractivity contribution < 1.29 is 23.1 Å². The number of rotatable bonds is 4. The number of carbonyl (C=O) groups excluding carboxylic acids is 2. The fourth-order valence-electron chi connectivity index (χ4n) is 2.14. The van der Waals surface area contributed by atoms with Gasteiger partial charge in [0, 0.05) is 0 Å². The first-order valence-corrected chi connectivity index (χ1v) is 6.63. The first-order valence-electron chi connectivity index (χ1n) is 6.63. The van der Waals surface area contributed by atoms with Crippen molar-refractivity contribution in [3.63, 3.8) is 0 Å². The number of imide groups is 1. The second-order valence-electron chi connectivity index (χ2n) is 4.66. The molecule has 0 spiro atoms. The summed E-state index contributed by atoms with van der Waals surface area (Å²) in [5, 5.41) is 4.65. The van der Waals surface area contributed by atoms with Gasteiger partial charge in [0.15, 0.2) is 0 Å². The number of nitrogens with zero attached hydrogens (tertiary/aromatic N) is 2. The number of hydrogen-bond donors (Lipinski definition) is 0. The molecule has 5 nitrogen and oxygen atoms in total. The third-order valence-electron chi connectivity index (χ3n) is 3.20. The molecule has 2 aromatic carbocycles. The van der Waals surface area contributed by atoms with Crippen LogP contribution >= 0.6 is 0 Å². The van der Waals surface area contributed by atoms with Crippen LogP contribution in [0.1, 0.15) is 26.3 Å². The van der Waals surface area contributed by atoms with Crippen LogP contribution in [0.3, 0.4) is 0 Å². The minimum absolute atomic E-state index is 0.0119. The first kappa shape index (κ1) is 14.8. The fraction of sp³-hybridized carbons (Fsp3) is 0.0625. The second-order valence-corrected chi connectivity index (χ2v) is 4.66. The van der Waals surface area contributed by atoms with Crippen LogP contribution in [-0.2, 0) is 0 Å². The topological polar surface area (TPSA) is 59.0 Å². The van der Waals surface area contributed by atoms with E-state index in [1.54, 1.807) is 24.3 Å². The zero-order valence-electron chi connectivity index (χ0n) is 11.6. The van der Waals surface area contributed by atoms with Gasteiger partial charge in [-0.3, -0.25) is 9.59 Å². The Morgan fingerprint density at radius 2 is 1.52 bits per heavy atom. The molecule has 0 fully saturated rings. The SMILES string of the molecule is O=C1c2ccccc2C(=O)N1/N=C/c1ccc(OC(F)F)cc1. The molecule has 0 aliphatic carbocycles. The molecule has 0 atom stereocenters. The lowest BCUT2D eigenvalue weighted by atomic mass is 10.1. The Labute approximate surface area is 129 Å². The molecule has 23 heavy (non-hydrogen) atoms. The molecular weight excluding hydrogens is 306 g/mol. The number of ether oxygens (including phenoxy) is 1. The maximum Gasteiger partial charge on any atom is 0.387 e. The minimum Gasteiger partial charge on any atom is -0.435 e. The molecule has 0 unspecified atom stereocenters. The normalized spacial score (nSPS) is 14.0. The third-order valence-corrected chi connectivity index (χ3v) is 3.20. The lowest BCUT2D eigenvalue weighted by Crippen LogP contribution is -2.23. The fourth-order valence-corrected chi connectivity index (χ4v) is 2.14. The smallest absolute Gasteiger partial charge is 0.387 e. The van der Waals surface area contributed by atoms with Crippen LogP contribution in [0.15, 0.2) is 53.6 Å². The van der Waals surface area contributed by atoms with E-state index in [0.29, 0.717) is 16.7 Å². The number of carbonyl (C=O) groups is 2. The molecule has 1 heterocycles. The van der Waals surface area contributed by atoms with Crippen molar-refractivity contribution in [1.29, 1.82) is 0 Å². The van der Waals surface area contributed by atoms with E-state index in [1.165, 1.54) is 30.5 Å². The van der Waals surface area contributed by atoms with E-state index in [1.807, 2.05) is 0 Å². The van der Waals surface area contributed by atoms with Gasteiger partial charge < -0.3 is 4.74 Å². The zero-order valence-corrected chi connectivity index (χ0v) is 11.6. The highest BCUT2D eigenvalue weighted by Gasteiger charge is 2.35. The van der Waals surface area contributed by atoms with Crippen LogP contribution in [-0.4, -0.2) is 29.6 Å². The quantitative estimate of drug-likeness (QED) is 0.644. The summed E-state index contributed by atoms with van der Waals surface area (Å²) >= 11 is 0. The summed E-state index contributed by atoms with van der Waals surface area (Å²) in [5.74, 6) is -0.989. The highest BCUT2D eigenvalue weighted by Crippen LogP contribution is 2.22. The van der Waals surface area contributed by atoms with Crippen LogP contribution in [0.2, 0.25) is 0 Å². The molecule has 0 radical (unpaired) electrons. The Hall–Kier alpha value is -3.09. The largest absolute Gasteiger partial charge is 0.435 e. The van der Waals surface area contributed by atoms with Crippen molar-refractivity contribution in [3.05, 3.63) is 65.2 Å². The summed E-state index contributed by atoms with van der Waals surface area (Å²) < 4.78 is 28.3. The van der Waals surface area contributed by atoms with Crippen LogP contribution < -0.4 is 4.74 Å². The van der Waals surface area contributed by atoms with E-state index in [4.69, 9.17) is 0 Å². The first-order chi connectivity index (χ1) is 11.1. The molecule has 116 valence electrons. The van der Waals surface area contributed by atoms with E-state index in [-0.39, 0.29) is 5.75 Å². The predicted octanol–water partition coefficient (Wildman–Crippen LogP) is 2.92. The van der Waals surface area contributed by atoms with Gasteiger partial charge in [0.25, 0.3) is 11.8 Å². The average molecular weight is 316 g/mol. The lowest BCUT2D eigenvalue weighted by Gasteiger charge is -2.06. The van der Waals surface area contributed by atoms with Crippen molar-refractivity contribution in [2.24, 2.45) is 5.10 Å². The number of benzene rings is 2. The zero-order chi connectivity index (χ0) is 16.4. The monoisotopic (exact) mass is 316 g/mol. The summed E-state index contributed by atoms with van der Waals surface area (Å²) in [6, 6.07) is 12.1. The Morgan fingerprint density at radius 3 is 2.04 bits per heavy atom. The minimum atomic E-state index is -2.90. The molecule has 0 saturated heterocycles. The highest BCUT2D eigenvalue weighted by atomic mass is 19.3. The van der Waals surface area contributed by atoms with E-state index < -0.39 is 18.4 Å². The molecule has 3 rings (SSSR count). The number of halogens is 2. The van der Waals surface area contributed by atoms with E-state index in [2.05, 4.69) is 9.84 Å². The van der Waals surface area contributed by atoms with Gasteiger partial charge in [-0.1, -0.05) is 12.1 Å². The van der Waals surface area contributed by atoms with Crippen molar-refractivity contribution in [3.8, 4) is 5.75 Å². The van der Waals surface area contributed by atoms with Crippen LogP contribution in [0.25, 0.3) is 0 Å². The summed E-state index contributed by atoms with van der Waals surface area (Å²) in [6.45, 7) is -2.90. The molecule has 0 saturated carbocycles. The van der Waals surface area contributed by atoms with Crippen LogP contribution in [0, 0.1) is 0 Å². The van der Waals surface area contributed by atoms with Gasteiger partial charge in [-0.05, 0) is 42.0 Å². The van der Waals surface area contributed by atoms with Crippen molar-refractivity contribution in [2.45, 2.75) is 6.61 Å². The van der Waals surface area contributed by atoms with Gasteiger partial charge >= 0.3 is 6.61 Å². The van der Waals surface area contributed by atoms with Crippen molar-refractivity contribution in [1.82, 2.24) is 5.01 Å². The Morgan fingerprint density at radius 1 is 0.957 bits per heavy atom. The summed E-state index contributed by atoms with van der Waals surface area (Å²) in [7, 11) is 0. The summed E-state index contributed by atoms with van der Waals surface area (Å²) in [5.41, 5.74) is 1.13. The van der Waals surface area contributed by atoms with Crippen molar-refractivity contribution >= 4 is 18.0 Å². The molecule has 2 aromatic rings. The summed E-state index contributed by atoms with van der Waals surface area (Å²) in [4.78, 5) is 24.2. The molecular formula is C16H10F2N2O3. The molecule has 0 aromatic heterocycles. The van der Waals surface area contributed by atoms with Gasteiger partial charge in [-0.25, -0.2) is 0 Å². The molecule has 0 N–H and O–H groups in total. The van der Waals surface area contributed by atoms with Gasteiger partial charge in [0.05, 0.1) is 17.3 Å². The molecule has 1 aliphatic rings. The Bertz CT molecular complexity index is 753.